The van der Waals surface area contributed by atoms with E-state index in [4.69, 9.17) is 0 Å². The normalized spacial score (nSPS) is 11.7. The van der Waals surface area contributed by atoms with Gasteiger partial charge in [0.05, 0.1) is 5.56 Å². The lowest BCUT2D eigenvalue weighted by atomic mass is 9.97. The molecule has 0 radical (unpaired) electrons. The Bertz CT molecular complexity index is 603. The van der Waals surface area contributed by atoms with Crippen LogP contribution in [0.5, 0.6) is 0 Å². The molecule has 0 aromatic heterocycles. The largest absolute Gasteiger partial charge is 0.416 e. The van der Waals surface area contributed by atoms with Crippen LogP contribution in [0.4, 0.5) is 13.2 Å². The Morgan fingerprint density at radius 3 is 2.40 bits per heavy atom. The highest BCUT2D eigenvalue weighted by atomic mass is 19.4. The van der Waals surface area contributed by atoms with Gasteiger partial charge in [0.1, 0.15) is 0 Å². The first-order chi connectivity index (χ1) is 9.41. The summed E-state index contributed by atoms with van der Waals surface area (Å²) in [5.74, 6) is 0. The lowest BCUT2D eigenvalue weighted by molar-refractivity contribution is -0.137. The van der Waals surface area contributed by atoms with Gasteiger partial charge >= 0.3 is 6.18 Å². The standard InChI is InChI=1S/C16H16F3N/c1-11-8-12(10-20-2)6-7-15(11)13-4-3-5-14(9-13)16(17,18)19/h3-9,20H,10H2,1-2H3. The van der Waals surface area contributed by atoms with Crippen LogP contribution in [0, 0.1) is 6.92 Å². The van der Waals surface area contributed by atoms with Crippen LogP contribution < -0.4 is 5.32 Å². The molecule has 0 aliphatic heterocycles. The summed E-state index contributed by atoms with van der Waals surface area (Å²) in [6, 6.07) is 11.2. The summed E-state index contributed by atoms with van der Waals surface area (Å²) in [7, 11) is 1.86. The first kappa shape index (κ1) is 14.6. The van der Waals surface area contributed by atoms with E-state index in [1.807, 2.05) is 32.2 Å². The van der Waals surface area contributed by atoms with E-state index < -0.39 is 11.7 Å². The Morgan fingerprint density at radius 2 is 1.80 bits per heavy atom. The van der Waals surface area contributed by atoms with Gasteiger partial charge in [-0.3, -0.25) is 0 Å². The predicted molar refractivity (Wildman–Crippen MR) is 74.4 cm³/mol. The van der Waals surface area contributed by atoms with Gasteiger partial charge in [0.25, 0.3) is 0 Å². The molecule has 106 valence electrons. The van der Waals surface area contributed by atoms with Crippen molar-refractivity contribution in [1.29, 1.82) is 0 Å². The molecule has 20 heavy (non-hydrogen) atoms. The first-order valence-electron chi connectivity index (χ1n) is 6.33. The minimum Gasteiger partial charge on any atom is -0.316 e. The molecule has 4 heteroatoms. The highest BCUT2D eigenvalue weighted by Gasteiger charge is 2.30. The number of aryl methyl sites for hydroxylation is 1. The highest BCUT2D eigenvalue weighted by Crippen LogP contribution is 2.33. The molecule has 0 bridgehead atoms. The molecule has 0 aliphatic carbocycles. The smallest absolute Gasteiger partial charge is 0.316 e. The summed E-state index contributed by atoms with van der Waals surface area (Å²) in [5, 5.41) is 3.05. The van der Waals surface area contributed by atoms with Crippen molar-refractivity contribution in [3.8, 4) is 11.1 Å². The number of halogens is 3. The fraction of sp³-hybridized carbons (Fsp3) is 0.250. The molecule has 0 fully saturated rings. The van der Waals surface area contributed by atoms with Crippen molar-refractivity contribution in [3.05, 3.63) is 59.2 Å². The highest BCUT2D eigenvalue weighted by molar-refractivity contribution is 5.68. The average Bonchev–Trinajstić information content (AvgIpc) is 2.38. The van der Waals surface area contributed by atoms with E-state index in [0.29, 0.717) is 5.56 Å². The zero-order valence-corrected chi connectivity index (χ0v) is 11.4. The third-order valence-corrected chi connectivity index (χ3v) is 3.17. The van der Waals surface area contributed by atoms with Gasteiger partial charge < -0.3 is 5.32 Å². The first-order valence-corrected chi connectivity index (χ1v) is 6.33. The van der Waals surface area contributed by atoms with Crippen LogP contribution in [0.2, 0.25) is 0 Å². The van der Waals surface area contributed by atoms with Gasteiger partial charge in [0.2, 0.25) is 0 Å². The predicted octanol–water partition coefficient (Wildman–Crippen LogP) is 4.40. The summed E-state index contributed by atoms with van der Waals surface area (Å²) in [6.07, 6.45) is -4.31. The van der Waals surface area contributed by atoms with E-state index in [1.165, 1.54) is 12.1 Å². The molecular formula is C16H16F3N. The Hall–Kier alpha value is -1.81. The van der Waals surface area contributed by atoms with E-state index in [0.717, 1.165) is 29.3 Å². The number of alkyl halides is 3. The SMILES string of the molecule is CNCc1ccc(-c2cccc(C(F)(F)F)c2)c(C)c1. The van der Waals surface area contributed by atoms with Gasteiger partial charge in [0, 0.05) is 6.54 Å². The molecule has 1 nitrogen and oxygen atoms in total. The van der Waals surface area contributed by atoms with Gasteiger partial charge in [-0.1, -0.05) is 30.3 Å². The van der Waals surface area contributed by atoms with E-state index in [9.17, 15) is 13.2 Å². The molecule has 0 amide bonds. The Kier molecular flexibility index (Phi) is 4.14. The maximum absolute atomic E-state index is 12.7. The lowest BCUT2D eigenvalue weighted by Crippen LogP contribution is -2.05. The molecule has 2 aromatic carbocycles. The molecule has 0 unspecified atom stereocenters. The minimum atomic E-state index is -4.31. The second-order valence-electron chi connectivity index (χ2n) is 4.76. The number of rotatable bonds is 3. The Labute approximate surface area is 116 Å². The zero-order chi connectivity index (χ0) is 14.8. The van der Waals surface area contributed by atoms with E-state index >= 15 is 0 Å². The van der Waals surface area contributed by atoms with Gasteiger partial charge in [0.15, 0.2) is 0 Å². The van der Waals surface area contributed by atoms with E-state index in [-0.39, 0.29) is 0 Å². The van der Waals surface area contributed by atoms with E-state index in [2.05, 4.69) is 5.32 Å². The number of hydrogen-bond acceptors (Lipinski definition) is 1. The number of hydrogen-bond donors (Lipinski definition) is 1. The molecule has 0 spiro atoms. The fourth-order valence-electron chi connectivity index (χ4n) is 2.23. The van der Waals surface area contributed by atoms with Gasteiger partial charge in [-0.15, -0.1) is 0 Å². The number of benzene rings is 2. The van der Waals surface area contributed by atoms with Crippen molar-refractivity contribution < 1.29 is 13.2 Å². The quantitative estimate of drug-likeness (QED) is 0.878. The maximum atomic E-state index is 12.7. The summed E-state index contributed by atoms with van der Waals surface area (Å²) in [6.45, 7) is 2.65. The molecule has 1 N–H and O–H groups in total. The van der Waals surface area contributed by atoms with Gasteiger partial charge in [-0.25, -0.2) is 0 Å². The minimum absolute atomic E-state index is 0.591. The third-order valence-electron chi connectivity index (χ3n) is 3.17. The molecule has 0 saturated carbocycles. The zero-order valence-electron chi connectivity index (χ0n) is 11.4. The molecule has 2 aromatic rings. The molecule has 0 atom stereocenters. The molecule has 0 aliphatic rings. The lowest BCUT2D eigenvalue weighted by Gasteiger charge is -2.12. The van der Waals surface area contributed by atoms with Crippen molar-refractivity contribution in [2.24, 2.45) is 0 Å². The topological polar surface area (TPSA) is 12.0 Å². The average molecular weight is 279 g/mol. The van der Waals surface area contributed by atoms with Gasteiger partial charge in [-0.2, -0.15) is 13.2 Å². The summed E-state index contributed by atoms with van der Waals surface area (Å²) in [4.78, 5) is 0. The summed E-state index contributed by atoms with van der Waals surface area (Å²) < 4.78 is 38.2. The van der Waals surface area contributed by atoms with Crippen LogP contribution in [0.25, 0.3) is 11.1 Å². The van der Waals surface area contributed by atoms with Crippen molar-refractivity contribution >= 4 is 0 Å². The van der Waals surface area contributed by atoms with Crippen molar-refractivity contribution in [2.45, 2.75) is 19.6 Å². The Morgan fingerprint density at radius 1 is 1.05 bits per heavy atom. The second kappa shape index (κ2) is 5.67. The van der Waals surface area contributed by atoms with Gasteiger partial charge in [-0.05, 0) is 48.4 Å². The van der Waals surface area contributed by atoms with E-state index in [1.54, 1.807) is 6.07 Å². The monoisotopic (exact) mass is 279 g/mol. The molecule has 0 saturated heterocycles. The molecule has 2 rings (SSSR count). The molecule has 0 heterocycles. The van der Waals surface area contributed by atoms with Crippen molar-refractivity contribution in [1.82, 2.24) is 5.32 Å². The number of nitrogens with one attached hydrogen (secondary N) is 1. The van der Waals surface area contributed by atoms with Crippen LogP contribution in [-0.2, 0) is 12.7 Å². The van der Waals surface area contributed by atoms with Crippen LogP contribution >= 0.6 is 0 Å². The van der Waals surface area contributed by atoms with Crippen LogP contribution in [0.1, 0.15) is 16.7 Å². The van der Waals surface area contributed by atoms with Crippen molar-refractivity contribution in [3.63, 3.8) is 0 Å². The Balaban J connectivity index is 2.41. The van der Waals surface area contributed by atoms with Crippen LogP contribution in [-0.4, -0.2) is 7.05 Å². The molecular weight excluding hydrogens is 263 g/mol. The van der Waals surface area contributed by atoms with Crippen LogP contribution in [0.3, 0.4) is 0 Å². The summed E-state index contributed by atoms with van der Waals surface area (Å²) in [5.41, 5.74) is 2.88. The fourth-order valence-corrected chi connectivity index (χ4v) is 2.23. The summed E-state index contributed by atoms with van der Waals surface area (Å²) >= 11 is 0. The third kappa shape index (κ3) is 3.20. The maximum Gasteiger partial charge on any atom is 0.416 e. The second-order valence-corrected chi connectivity index (χ2v) is 4.76. The van der Waals surface area contributed by atoms with Crippen LogP contribution in [0.15, 0.2) is 42.5 Å². The van der Waals surface area contributed by atoms with Crippen molar-refractivity contribution in [2.75, 3.05) is 7.05 Å².